The first-order chi connectivity index (χ1) is 10.1. The zero-order valence-electron chi connectivity index (χ0n) is 11.8. The molecule has 0 aliphatic carbocycles. The molecule has 0 spiro atoms. The number of benzene rings is 1. The van der Waals surface area contributed by atoms with Crippen molar-refractivity contribution in [1.29, 1.82) is 0 Å². The molecule has 0 radical (unpaired) electrons. The number of nitrogens with one attached hydrogen (secondary N) is 1. The molecule has 0 bridgehead atoms. The number of hydrogen-bond donors (Lipinski definition) is 1. The molecular weight excluding hydrogens is 270 g/mol. The van der Waals surface area contributed by atoms with Gasteiger partial charge in [0.2, 0.25) is 0 Å². The van der Waals surface area contributed by atoms with E-state index in [2.05, 4.69) is 4.98 Å². The average Bonchev–Trinajstić information content (AvgIpc) is 2.99. The summed E-state index contributed by atoms with van der Waals surface area (Å²) in [6, 6.07) is 7.59. The number of esters is 1. The fourth-order valence-corrected chi connectivity index (χ4v) is 2.47. The van der Waals surface area contributed by atoms with Gasteiger partial charge < -0.3 is 14.5 Å². The third kappa shape index (κ3) is 2.97. The minimum absolute atomic E-state index is 0.0299. The zero-order chi connectivity index (χ0) is 14.8. The van der Waals surface area contributed by atoms with Gasteiger partial charge in [0.1, 0.15) is 6.61 Å². The second-order valence-corrected chi connectivity index (χ2v) is 5.32. The minimum atomic E-state index is -0.479. The molecule has 5 nitrogen and oxygen atoms in total. The van der Waals surface area contributed by atoms with E-state index in [1.54, 1.807) is 6.07 Å². The Morgan fingerprint density at radius 1 is 1.43 bits per heavy atom. The second kappa shape index (κ2) is 5.69. The molecule has 0 unspecified atom stereocenters. The predicted octanol–water partition coefficient (Wildman–Crippen LogP) is 2.06. The summed E-state index contributed by atoms with van der Waals surface area (Å²) in [5.41, 5.74) is 2.08. The van der Waals surface area contributed by atoms with Crippen LogP contribution in [-0.2, 0) is 20.9 Å². The molecule has 5 heteroatoms. The highest BCUT2D eigenvalue weighted by Gasteiger charge is 2.25. The van der Waals surface area contributed by atoms with Gasteiger partial charge in [-0.2, -0.15) is 0 Å². The molecule has 2 aromatic rings. The van der Waals surface area contributed by atoms with Crippen LogP contribution in [0.2, 0.25) is 0 Å². The zero-order valence-corrected chi connectivity index (χ0v) is 11.8. The molecule has 3 rings (SSSR count). The molecule has 1 aromatic heterocycles. The molecule has 0 amide bonds. The van der Waals surface area contributed by atoms with Crippen LogP contribution >= 0.6 is 0 Å². The van der Waals surface area contributed by atoms with Gasteiger partial charge in [-0.3, -0.25) is 4.79 Å². The number of H-pyrrole nitrogens is 1. The van der Waals surface area contributed by atoms with Crippen molar-refractivity contribution in [2.45, 2.75) is 32.5 Å². The number of rotatable bonds is 3. The van der Waals surface area contributed by atoms with Gasteiger partial charge in [0.15, 0.2) is 6.10 Å². The Morgan fingerprint density at radius 3 is 3.05 bits per heavy atom. The van der Waals surface area contributed by atoms with Gasteiger partial charge in [0.25, 0.3) is 5.56 Å². The Morgan fingerprint density at radius 2 is 2.29 bits per heavy atom. The van der Waals surface area contributed by atoms with Crippen molar-refractivity contribution in [3.63, 3.8) is 0 Å². The maximum atomic E-state index is 12.0. The molecular formula is C16H17NO4. The fraction of sp³-hybridized carbons (Fsp3) is 0.375. The minimum Gasteiger partial charge on any atom is -0.459 e. The summed E-state index contributed by atoms with van der Waals surface area (Å²) in [6.07, 6.45) is 1.08. The third-order valence-electron chi connectivity index (χ3n) is 3.64. The highest BCUT2D eigenvalue weighted by atomic mass is 16.6. The number of ether oxygens (including phenoxy) is 2. The number of hydrogen-bond acceptors (Lipinski definition) is 4. The van der Waals surface area contributed by atoms with Crippen LogP contribution in [0.5, 0.6) is 0 Å². The van der Waals surface area contributed by atoms with Crippen LogP contribution in [-0.4, -0.2) is 23.7 Å². The van der Waals surface area contributed by atoms with Crippen molar-refractivity contribution < 1.29 is 14.3 Å². The van der Waals surface area contributed by atoms with Gasteiger partial charge in [-0.15, -0.1) is 0 Å². The van der Waals surface area contributed by atoms with E-state index >= 15 is 0 Å². The monoisotopic (exact) mass is 287 g/mol. The van der Waals surface area contributed by atoms with E-state index in [9.17, 15) is 9.59 Å². The summed E-state index contributed by atoms with van der Waals surface area (Å²) in [5.74, 6) is -0.393. The molecule has 1 aliphatic rings. The van der Waals surface area contributed by atoms with Crippen molar-refractivity contribution in [3.05, 3.63) is 45.7 Å². The van der Waals surface area contributed by atoms with Crippen LogP contribution < -0.4 is 5.56 Å². The van der Waals surface area contributed by atoms with E-state index < -0.39 is 12.1 Å². The van der Waals surface area contributed by atoms with E-state index in [1.165, 1.54) is 0 Å². The van der Waals surface area contributed by atoms with Crippen LogP contribution in [0.15, 0.2) is 29.1 Å². The van der Waals surface area contributed by atoms with Gasteiger partial charge in [-0.1, -0.05) is 12.1 Å². The summed E-state index contributed by atoms with van der Waals surface area (Å²) < 4.78 is 10.4. The molecule has 21 heavy (non-hydrogen) atoms. The fourth-order valence-electron chi connectivity index (χ4n) is 2.47. The standard InChI is InChI=1S/C16H17NO4/c1-10-4-5-11-8-12(15(18)17-13(11)7-10)9-21-16(19)14-3-2-6-20-14/h4-5,7-8,14H,2-3,6,9H2,1H3,(H,17,18)/t14-/m1/s1. The summed E-state index contributed by atoms with van der Waals surface area (Å²) in [6.45, 7) is 2.53. The number of pyridine rings is 1. The topological polar surface area (TPSA) is 68.4 Å². The molecule has 1 fully saturated rings. The smallest absolute Gasteiger partial charge is 0.335 e. The van der Waals surface area contributed by atoms with E-state index in [-0.39, 0.29) is 12.2 Å². The molecule has 1 N–H and O–H groups in total. The van der Waals surface area contributed by atoms with Gasteiger partial charge >= 0.3 is 5.97 Å². The van der Waals surface area contributed by atoms with Gasteiger partial charge in [-0.05, 0) is 42.8 Å². The van der Waals surface area contributed by atoms with E-state index in [1.807, 2.05) is 25.1 Å². The van der Waals surface area contributed by atoms with Crippen molar-refractivity contribution in [3.8, 4) is 0 Å². The Labute approximate surface area is 121 Å². The first kappa shape index (κ1) is 13.8. The molecule has 1 aromatic carbocycles. The lowest BCUT2D eigenvalue weighted by Crippen LogP contribution is -2.23. The molecule has 0 saturated carbocycles. The third-order valence-corrected chi connectivity index (χ3v) is 3.64. The lowest BCUT2D eigenvalue weighted by Gasteiger charge is -2.10. The lowest BCUT2D eigenvalue weighted by molar-refractivity contribution is -0.155. The first-order valence-corrected chi connectivity index (χ1v) is 7.04. The Kier molecular flexibility index (Phi) is 3.75. The summed E-state index contributed by atoms with van der Waals surface area (Å²) in [5, 5.41) is 0.920. The van der Waals surface area contributed by atoms with Crippen LogP contribution in [0.25, 0.3) is 10.9 Å². The van der Waals surface area contributed by atoms with Gasteiger partial charge in [-0.25, -0.2) is 4.79 Å². The van der Waals surface area contributed by atoms with E-state index in [4.69, 9.17) is 9.47 Å². The van der Waals surface area contributed by atoms with Gasteiger partial charge in [0.05, 0.1) is 5.56 Å². The Balaban J connectivity index is 1.77. The molecule has 1 aliphatic heterocycles. The highest BCUT2D eigenvalue weighted by Crippen LogP contribution is 2.16. The number of aromatic nitrogens is 1. The van der Waals surface area contributed by atoms with Crippen LogP contribution in [0.3, 0.4) is 0 Å². The number of aromatic amines is 1. The Bertz CT molecular complexity index is 729. The maximum absolute atomic E-state index is 12.0. The molecule has 2 heterocycles. The van der Waals surface area contributed by atoms with Crippen molar-refractivity contribution in [1.82, 2.24) is 4.98 Å². The predicted molar refractivity (Wildman–Crippen MR) is 78.1 cm³/mol. The lowest BCUT2D eigenvalue weighted by atomic mass is 10.1. The number of carbonyl (C=O) groups excluding carboxylic acids is 1. The first-order valence-electron chi connectivity index (χ1n) is 7.04. The largest absolute Gasteiger partial charge is 0.459 e. The van der Waals surface area contributed by atoms with E-state index in [0.29, 0.717) is 18.6 Å². The summed E-state index contributed by atoms with van der Waals surface area (Å²) in [4.78, 5) is 26.6. The number of fused-ring (bicyclic) bond motifs is 1. The maximum Gasteiger partial charge on any atom is 0.335 e. The summed E-state index contributed by atoms with van der Waals surface area (Å²) >= 11 is 0. The number of aryl methyl sites for hydroxylation is 1. The van der Waals surface area contributed by atoms with Crippen molar-refractivity contribution in [2.75, 3.05) is 6.61 Å². The number of carbonyl (C=O) groups is 1. The van der Waals surface area contributed by atoms with Crippen LogP contribution in [0.1, 0.15) is 24.0 Å². The highest BCUT2D eigenvalue weighted by molar-refractivity contribution is 5.79. The molecule has 110 valence electrons. The van der Waals surface area contributed by atoms with Crippen molar-refractivity contribution >= 4 is 16.9 Å². The van der Waals surface area contributed by atoms with Crippen molar-refractivity contribution in [2.24, 2.45) is 0 Å². The quantitative estimate of drug-likeness (QED) is 0.877. The average molecular weight is 287 g/mol. The second-order valence-electron chi connectivity index (χ2n) is 5.32. The van der Waals surface area contributed by atoms with Gasteiger partial charge in [0, 0.05) is 12.1 Å². The van der Waals surface area contributed by atoms with Crippen LogP contribution in [0, 0.1) is 6.92 Å². The molecule has 1 atom stereocenters. The van der Waals surface area contributed by atoms with E-state index in [0.717, 1.165) is 22.9 Å². The normalized spacial score (nSPS) is 18.0. The summed E-state index contributed by atoms with van der Waals surface area (Å²) in [7, 11) is 0. The van der Waals surface area contributed by atoms with Crippen LogP contribution in [0.4, 0.5) is 0 Å². The Hall–Kier alpha value is -2.14. The molecule has 1 saturated heterocycles. The SMILES string of the molecule is Cc1ccc2cc(COC(=O)[C@H]3CCCO3)c(=O)[nH]c2c1.